The van der Waals surface area contributed by atoms with E-state index in [0.717, 1.165) is 6.42 Å². The van der Waals surface area contributed by atoms with Crippen LogP contribution in [0, 0.1) is 5.41 Å². The van der Waals surface area contributed by atoms with E-state index in [0.29, 0.717) is 0 Å². The fraction of sp³-hybridized carbons (Fsp3) is 1.00. The first-order chi connectivity index (χ1) is 5.40. The van der Waals surface area contributed by atoms with Crippen LogP contribution in [0.15, 0.2) is 0 Å². The van der Waals surface area contributed by atoms with Gasteiger partial charge in [0.15, 0.2) is 0 Å². The molecule has 3 nitrogen and oxygen atoms in total. The van der Waals surface area contributed by atoms with Gasteiger partial charge in [-0.2, -0.15) is 0 Å². The first-order valence-corrected chi connectivity index (χ1v) is 4.38. The van der Waals surface area contributed by atoms with Crippen LogP contribution in [0.5, 0.6) is 0 Å². The summed E-state index contributed by atoms with van der Waals surface area (Å²) in [6.07, 6.45) is -0.813. The van der Waals surface area contributed by atoms with Crippen LogP contribution in [0.2, 0.25) is 0 Å². The zero-order valence-corrected chi connectivity index (χ0v) is 7.95. The standard InChI is InChI=1S/C9H18O3/c1-9(2,3)4-7-8(11)6(10)5-12-7/h6-8,10-11H,4-5H2,1-3H3/t6-,7+,8-/m1/s1. The Morgan fingerprint density at radius 2 is 1.92 bits per heavy atom. The number of aliphatic hydroxyl groups excluding tert-OH is 2. The molecule has 0 bridgehead atoms. The Balaban J connectivity index is 2.44. The Hall–Kier alpha value is -0.120. The third-order valence-electron chi connectivity index (χ3n) is 2.07. The van der Waals surface area contributed by atoms with Crippen molar-refractivity contribution in [2.45, 2.75) is 45.5 Å². The SMILES string of the molecule is CC(C)(C)C[C@@H]1OC[C@@H](O)[C@H]1O. The minimum absolute atomic E-state index is 0.135. The molecule has 1 rings (SSSR count). The largest absolute Gasteiger partial charge is 0.388 e. The Morgan fingerprint density at radius 1 is 1.33 bits per heavy atom. The Labute approximate surface area is 73.4 Å². The normalized spacial score (nSPS) is 37.2. The highest BCUT2D eigenvalue weighted by atomic mass is 16.5. The molecular formula is C9H18O3. The number of rotatable bonds is 1. The van der Waals surface area contributed by atoms with Crippen LogP contribution in [0.25, 0.3) is 0 Å². The lowest BCUT2D eigenvalue weighted by Crippen LogP contribution is -2.32. The molecule has 0 unspecified atom stereocenters. The second-order valence-corrected chi connectivity index (χ2v) is 4.69. The first kappa shape index (κ1) is 9.96. The van der Waals surface area contributed by atoms with Crippen LogP contribution in [-0.2, 0) is 4.74 Å². The predicted octanol–water partition coefficient (Wildman–Crippen LogP) is 0.543. The van der Waals surface area contributed by atoms with Crippen LogP contribution >= 0.6 is 0 Å². The average Bonchev–Trinajstić information content (AvgIpc) is 2.16. The molecular weight excluding hydrogens is 156 g/mol. The lowest BCUT2D eigenvalue weighted by molar-refractivity contribution is 0.00371. The van der Waals surface area contributed by atoms with E-state index in [4.69, 9.17) is 4.74 Å². The first-order valence-electron chi connectivity index (χ1n) is 4.38. The monoisotopic (exact) mass is 174 g/mol. The molecule has 0 aliphatic carbocycles. The van der Waals surface area contributed by atoms with Crippen molar-refractivity contribution >= 4 is 0 Å². The quantitative estimate of drug-likeness (QED) is 0.610. The molecule has 3 atom stereocenters. The molecule has 72 valence electrons. The van der Waals surface area contributed by atoms with Gasteiger partial charge in [-0.3, -0.25) is 0 Å². The molecule has 0 radical (unpaired) electrons. The van der Waals surface area contributed by atoms with Gasteiger partial charge >= 0.3 is 0 Å². The van der Waals surface area contributed by atoms with E-state index >= 15 is 0 Å². The van der Waals surface area contributed by atoms with Crippen LogP contribution in [0.4, 0.5) is 0 Å². The molecule has 1 fully saturated rings. The van der Waals surface area contributed by atoms with Crippen LogP contribution in [0.1, 0.15) is 27.2 Å². The fourth-order valence-corrected chi connectivity index (χ4v) is 1.45. The highest BCUT2D eigenvalue weighted by Crippen LogP contribution is 2.27. The maximum Gasteiger partial charge on any atom is 0.108 e. The molecule has 0 aromatic carbocycles. The zero-order valence-electron chi connectivity index (χ0n) is 7.95. The minimum atomic E-state index is -0.704. The Kier molecular flexibility index (Phi) is 2.76. The van der Waals surface area contributed by atoms with Crippen LogP contribution in [0.3, 0.4) is 0 Å². The molecule has 1 saturated heterocycles. The molecule has 0 saturated carbocycles. The maximum atomic E-state index is 9.45. The van der Waals surface area contributed by atoms with Crippen LogP contribution < -0.4 is 0 Å². The van der Waals surface area contributed by atoms with Gasteiger partial charge in [-0.15, -0.1) is 0 Å². The summed E-state index contributed by atoms with van der Waals surface area (Å²) in [7, 11) is 0. The van der Waals surface area contributed by atoms with E-state index in [-0.39, 0.29) is 18.1 Å². The summed E-state index contributed by atoms with van der Waals surface area (Å²) in [5.41, 5.74) is 0.135. The Bertz CT molecular complexity index is 150. The van der Waals surface area contributed by atoms with Gasteiger partial charge in [-0.1, -0.05) is 20.8 Å². The lowest BCUT2D eigenvalue weighted by atomic mass is 9.87. The molecule has 0 spiro atoms. The summed E-state index contributed by atoms with van der Waals surface area (Å²) < 4.78 is 5.25. The van der Waals surface area contributed by atoms with Crippen molar-refractivity contribution in [3.8, 4) is 0 Å². The maximum absolute atomic E-state index is 9.45. The van der Waals surface area contributed by atoms with Gasteiger partial charge in [-0.05, 0) is 11.8 Å². The zero-order chi connectivity index (χ0) is 9.35. The number of ether oxygens (including phenoxy) is 1. The van der Waals surface area contributed by atoms with Gasteiger partial charge in [0.2, 0.25) is 0 Å². The summed E-state index contributed by atoms with van der Waals surface area (Å²) in [6.45, 7) is 6.54. The summed E-state index contributed by atoms with van der Waals surface area (Å²) >= 11 is 0. The smallest absolute Gasteiger partial charge is 0.108 e. The van der Waals surface area contributed by atoms with Gasteiger partial charge in [-0.25, -0.2) is 0 Å². The van der Waals surface area contributed by atoms with E-state index in [9.17, 15) is 10.2 Å². The topological polar surface area (TPSA) is 49.7 Å². The van der Waals surface area contributed by atoms with Crippen molar-refractivity contribution in [3.05, 3.63) is 0 Å². The summed E-state index contributed by atoms with van der Waals surface area (Å²) in [6, 6.07) is 0. The van der Waals surface area contributed by atoms with Gasteiger partial charge in [0.05, 0.1) is 12.7 Å². The second-order valence-electron chi connectivity index (χ2n) is 4.69. The molecule has 0 aromatic rings. The van der Waals surface area contributed by atoms with E-state index < -0.39 is 12.2 Å². The highest BCUT2D eigenvalue weighted by molar-refractivity contribution is 4.85. The van der Waals surface area contributed by atoms with Crippen molar-refractivity contribution in [1.82, 2.24) is 0 Å². The summed E-state index contributed by atoms with van der Waals surface area (Å²) in [5.74, 6) is 0. The molecule has 1 heterocycles. The fourth-order valence-electron chi connectivity index (χ4n) is 1.45. The molecule has 2 N–H and O–H groups in total. The van der Waals surface area contributed by atoms with Crippen molar-refractivity contribution in [2.75, 3.05) is 6.61 Å². The highest BCUT2D eigenvalue weighted by Gasteiger charge is 2.36. The average molecular weight is 174 g/mol. The second kappa shape index (κ2) is 3.32. The Morgan fingerprint density at radius 3 is 2.25 bits per heavy atom. The predicted molar refractivity (Wildman–Crippen MR) is 45.8 cm³/mol. The van der Waals surface area contributed by atoms with E-state index in [1.165, 1.54) is 0 Å². The van der Waals surface area contributed by atoms with E-state index in [1.807, 2.05) is 0 Å². The number of hydrogen-bond acceptors (Lipinski definition) is 3. The molecule has 1 aliphatic heterocycles. The molecule has 0 amide bonds. The van der Waals surface area contributed by atoms with Gasteiger partial charge in [0.25, 0.3) is 0 Å². The van der Waals surface area contributed by atoms with Crippen molar-refractivity contribution < 1.29 is 14.9 Å². The van der Waals surface area contributed by atoms with E-state index in [2.05, 4.69) is 20.8 Å². The minimum Gasteiger partial charge on any atom is -0.388 e. The number of aliphatic hydroxyl groups is 2. The van der Waals surface area contributed by atoms with Crippen molar-refractivity contribution in [3.63, 3.8) is 0 Å². The van der Waals surface area contributed by atoms with Crippen LogP contribution in [-0.4, -0.2) is 35.1 Å². The summed E-state index contributed by atoms with van der Waals surface area (Å²) in [5, 5.41) is 18.6. The lowest BCUT2D eigenvalue weighted by Gasteiger charge is -2.24. The third kappa shape index (κ3) is 2.44. The molecule has 0 aromatic heterocycles. The molecule has 1 aliphatic rings. The van der Waals surface area contributed by atoms with Crippen molar-refractivity contribution in [2.24, 2.45) is 5.41 Å². The molecule has 3 heteroatoms. The van der Waals surface area contributed by atoms with Crippen molar-refractivity contribution in [1.29, 1.82) is 0 Å². The number of hydrogen-bond donors (Lipinski definition) is 2. The van der Waals surface area contributed by atoms with Gasteiger partial charge in [0, 0.05) is 0 Å². The van der Waals surface area contributed by atoms with Gasteiger partial charge in [0.1, 0.15) is 12.2 Å². The molecule has 12 heavy (non-hydrogen) atoms. The van der Waals surface area contributed by atoms with E-state index in [1.54, 1.807) is 0 Å². The third-order valence-corrected chi connectivity index (χ3v) is 2.07. The van der Waals surface area contributed by atoms with Gasteiger partial charge < -0.3 is 14.9 Å². The summed E-state index contributed by atoms with van der Waals surface area (Å²) in [4.78, 5) is 0.